The third-order valence-electron chi connectivity index (χ3n) is 3.68. The van der Waals surface area contributed by atoms with Gasteiger partial charge in [0.25, 0.3) is 0 Å². The lowest BCUT2D eigenvalue weighted by molar-refractivity contribution is 0.378. The highest BCUT2D eigenvalue weighted by Crippen LogP contribution is 2.28. The zero-order valence-corrected chi connectivity index (χ0v) is 12.9. The Labute approximate surface area is 121 Å². The van der Waals surface area contributed by atoms with E-state index >= 15 is 0 Å². The summed E-state index contributed by atoms with van der Waals surface area (Å²) in [5.74, 6) is 2.91. The minimum atomic E-state index is 0.360. The first-order valence-corrected chi connectivity index (χ1v) is 7.71. The molecule has 1 aliphatic carbocycles. The molecule has 0 spiro atoms. The standard InChI is InChI=1S/C15H24ClN3/c1-10(2)15-18-11(3)7-14(19-15)17-9-12-5-4-6-13(16)8-12/h7,10,12-13H,4-6,8-9H2,1-3H3,(H,17,18,19). The fourth-order valence-corrected chi connectivity index (χ4v) is 3.01. The van der Waals surface area contributed by atoms with Crippen LogP contribution in [0.25, 0.3) is 0 Å². The van der Waals surface area contributed by atoms with Crippen molar-refractivity contribution >= 4 is 17.4 Å². The molecule has 0 saturated heterocycles. The average Bonchev–Trinajstić information content (AvgIpc) is 2.36. The van der Waals surface area contributed by atoms with Crippen molar-refractivity contribution in [3.05, 3.63) is 17.6 Å². The summed E-state index contributed by atoms with van der Waals surface area (Å²) in [5, 5.41) is 3.82. The molecule has 1 saturated carbocycles. The predicted octanol–water partition coefficient (Wildman–Crippen LogP) is 4.12. The molecule has 0 amide bonds. The molecule has 1 fully saturated rings. The minimum absolute atomic E-state index is 0.360. The van der Waals surface area contributed by atoms with Crippen LogP contribution in [0.1, 0.15) is 57.0 Å². The predicted molar refractivity (Wildman–Crippen MR) is 80.9 cm³/mol. The summed E-state index contributed by atoms with van der Waals surface area (Å²) < 4.78 is 0. The first-order chi connectivity index (χ1) is 9.04. The highest BCUT2D eigenvalue weighted by Gasteiger charge is 2.20. The zero-order chi connectivity index (χ0) is 13.8. The van der Waals surface area contributed by atoms with Crippen molar-refractivity contribution in [1.82, 2.24) is 9.97 Å². The van der Waals surface area contributed by atoms with Crippen LogP contribution in [0, 0.1) is 12.8 Å². The van der Waals surface area contributed by atoms with E-state index in [1.807, 2.05) is 13.0 Å². The lowest BCUT2D eigenvalue weighted by Crippen LogP contribution is -2.23. The molecular formula is C15H24ClN3. The van der Waals surface area contributed by atoms with E-state index in [1.54, 1.807) is 0 Å². The number of nitrogens with zero attached hydrogens (tertiary/aromatic N) is 2. The molecule has 1 N–H and O–H groups in total. The van der Waals surface area contributed by atoms with Gasteiger partial charge in [0.1, 0.15) is 11.6 Å². The molecule has 2 rings (SSSR count). The van der Waals surface area contributed by atoms with E-state index in [1.165, 1.54) is 19.3 Å². The maximum atomic E-state index is 6.23. The van der Waals surface area contributed by atoms with Gasteiger partial charge in [-0.1, -0.05) is 20.3 Å². The number of anilines is 1. The minimum Gasteiger partial charge on any atom is -0.370 e. The third-order valence-corrected chi connectivity index (χ3v) is 4.07. The summed E-state index contributed by atoms with van der Waals surface area (Å²) in [5.41, 5.74) is 1.03. The van der Waals surface area contributed by atoms with Gasteiger partial charge in [0.15, 0.2) is 0 Å². The van der Waals surface area contributed by atoms with Gasteiger partial charge < -0.3 is 5.32 Å². The highest BCUT2D eigenvalue weighted by atomic mass is 35.5. The van der Waals surface area contributed by atoms with E-state index < -0.39 is 0 Å². The zero-order valence-electron chi connectivity index (χ0n) is 12.1. The lowest BCUT2D eigenvalue weighted by atomic mass is 9.89. The Morgan fingerprint density at radius 3 is 2.84 bits per heavy atom. The van der Waals surface area contributed by atoms with E-state index in [9.17, 15) is 0 Å². The van der Waals surface area contributed by atoms with Gasteiger partial charge in [0, 0.05) is 29.6 Å². The van der Waals surface area contributed by atoms with Gasteiger partial charge >= 0.3 is 0 Å². The molecule has 0 aliphatic heterocycles. The van der Waals surface area contributed by atoms with Gasteiger partial charge in [0.05, 0.1) is 0 Å². The first-order valence-electron chi connectivity index (χ1n) is 7.28. The second-order valence-electron chi connectivity index (χ2n) is 5.92. The van der Waals surface area contributed by atoms with Crippen LogP contribution in [-0.2, 0) is 0 Å². The Morgan fingerprint density at radius 2 is 2.16 bits per heavy atom. The van der Waals surface area contributed by atoms with E-state index in [-0.39, 0.29) is 0 Å². The Bertz CT molecular complexity index is 420. The van der Waals surface area contributed by atoms with Gasteiger partial charge in [-0.2, -0.15) is 0 Å². The number of halogens is 1. The van der Waals surface area contributed by atoms with Crippen molar-refractivity contribution in [2.75, 3.05) is 11.9 Å². The van der Waals surface area contributed by atoms with Crippen LogP contribution < -0.4 is 5.32 Å². The van der Waals surface area contributed by atoms with Gasteiger partial charge in [-0.3, -0.25) is 0 Å². The Morgan fingerprint density at radius 1 is 1.37 bits per heavy atom. The molecule has 2 unspecified atom stereocenters. The number of aromatic nitrogens is 2. The summed E-state index contributed by atoms with van der Waals surface area (Å²) in [7, 11) is 0. The quantitative estimate of drug-likeness (QED) is 0.844. The van der Waals surface area contributed by atoms with Crippen LogP contribution >= 0.6 is 11.6 Å². The maximum Gasteiger partial charge on any atom is 0.133 e. The topological polar surface area (TPSA) is 37.8 Å². The van der Waals surface area contributed by atoms with Crippen molar-refractivity contribution in [3.8, 4) is 0 Å². The maximum absolute atomic E-state index is 6.23. The Kier molecular flexibility index (Phi) is 5.03. The average molecular weight is 282 g/mol. The summed E-state index contributed by atoms with van der Waals surface area (Å²) in [6, 6.07) is 2.02. The van der Waals surface area contributed by atoms with Crippen LogP contribution in [0.5, 0.6) is 0 Å². The van der Waals surface area contributed by atoms with Crippen LogP contribution in [0.4, 0.5) is 5.82 Å². The molecule has 0 bridgehead atoms. The number of alkyl halides is 1. The van der Waals surface area contributed by atoms with E-state index in [0.29, 0.717) is 17.2 Å². The summed E-state index contributed by atoms with van der Waals surface area (Å²) in [6.07, 6.45) is 4.82. The fraction of sp³-hybridized carbons (Fsp3) is 0.733. The molecule has 2 atom stereocenters. The fourth-order valence-electron chi connectivity index (χ4n) is 2.60. The van der Waals surface area contributed by atoms with Gasteiger partial charge in [-0.15, -0.1) is 11.6 Å². The Hall–Kier alpha value is -0.830. The molecule has 4 heteroatoms. The van der Waals surface area contributed by atoms with Crippen molar-refractivity contribution < 1.29 is 0 Å². The van der Waals surface area contributed by atoms with E-state index in [0.717, 1.165) is 30.3 Å². The van der Waals surface area contributed by atoms with Crippen molar-refractivity contribution in [3.63, 3.8) is 0 Å². The highest BCUT2D eigenvalue weighted by molar-refractivity contribution is 6.20. The first kappa shape index (κ1) is 14.6. The van der Waals surface area contributed by atoms with E-state index in [4.69, 9.17) is 11.6 Å². The summed E-state index contributed by atoms with van der Waals surface area (Å²) >= 11 is 6.23. The van der Waals surface area contributed by atoms with Crippen molar-refractivity contribution in [1.29, 1.82) is 0 Å². The largest absolute Gasteiger partial charge is 0.370 e. The third kappa shape index (κ3) is 4.34. The molecular weight excluding hydrogens is 258 g/mol. The number of aryl methyl sites for hydroxylation is 1. The van der Waals surface area contributed by atoms with Gasteiger partial charge in [-0.05, 0) is 32.1 Å². The molecule has 0 aromatic carbocycles. The number of hydrogen-bond donors (Lipinski definition) is 1. The molecule has 0 radical (unpaired) electrons. The van der Waals surface area contributed by atoms with Crippen LogP contribution in [0.3, 0.4) is 0 Å². The SMILES string of the molecule is Cc1cc(NCC2CCCC(Cl)C2)nc(C(C)C)n1. The van der Waals surface area contributed by atoms with Crippen LogP contribution in [-0.4, -0.2) is 21.9 Å². The monoisotopic (exact) mass is 281 g/mol. The molecule has 1 aliphatic rings. The van der Waals surface area contributed by atoms with Gasteiger partial charge in [-0.25, -0.2) is 9.97 Å². The molecule has 1 aromatic heterocycles. The molecule has 1 aromatic rings. The molecule has 19 heavy (non-hydrogen) atoms. The smallest absolute Gasteiger partial charge is 0.133 e. The normalized spacial score (nSPS) is 23.6. The van der Waals surface area contributed by atoms with Crippen LogP contribution in [0.15, 0.2) is 6.07 Å². The van der Waals surface area contributed by atoms with Crippen LogP contribution in [0.2, 0.25) is 0 Å². The van der Waals surface area contributed by atoms with Crippen molar-refractivity contribution in [2.45, 2.75) is 57.7 Å². The summed E-state index contributed by atoms with van der Waals surface area (Å²) in [4.78, 5) is 9.05. The second-order valence-corrected chi connectivity index (χ2v) is 6.54. The number of rotatable bonds is 4. The number of nitrogens with one attached hydrogen (secondary N) is 1. The molecule has 106 valence electrons. The Balaban J connectivity index is 1.95. The van der Waals surface area contributed by atoms with Gasteiger partial charge in [0.2, 0.25) is 0 Å². The summed E-state index contributed by atoms with van der Waals surface area (Å²) in [6.45, 7) is 7.24. The number of hydrogen-bond acceptors (Lipinski definition) is 3. The molecule has 3 nitrogen and oxygen atoms in total. The second kappa shape index (κ2) is 6.56. The lowest BCUT2D eigenvalue weighted by Gasteiger charge is -2.25. The van der Waals surface area contributed by atoms with Crippen molar-refractivity contribution in [2.24, 2.45) is 5.92 Å². The van der Waals surface area contributed by atoms with E-state index in [2.05, 4.69) is 29.1 Å². The molecule has 1 heterocycles.